The molecule has 2 aromatic heterocycles. The van der Waals surface area contributed by atoms with Crippen molar-refractivity contribution in [1.29, 1.82) is 0 Å². The minimum atomic E-state index is 0.631. The molecule has 0 unspecified atom stereocenters. The van der Waals surface area contributed by atoms with Crippen LogP contribution in [0.15, 0.2) is 18.5 Å². The van der Waals surface area contributed by atoms with Crippen molar-refractivity contribution in [2.75, 3.05) is 0 Å². The third-order valence-corrected chi connectivity index (χ3v) is 2.99. The second kappa shape index (κ2) is 4.14. The number of aromatic nitrogens is 3. The van der Waals surface area contributed by atoms with Crippen LogP contribution in [0.2, 0.25) is 5.15 Å². The first-order valence-corrected chi connectivity index (χ1v) is 5.28. The second-order valence-electron chi connectivity index (χ2n) is 3.71. The highest BCUT2D eigenvalue weighted by Crippen LogP contribution is 2.19. The Balaban J connectivity index is 2.29. The van der Waals surface area contributed by atoms with Gasteiger partial charge in [0.25, 0.3) is 0 Å². The first kappa shape index (κ1) is 11.0. The standard InChI is InChI=1S/C11H12ClN3O/c1-8-10(11(12)14(2)13-8)6-15-4-3-9(5-15)7-16/h3-5,7H,6H2,1-2H3. The summed E-state index contributed by atoms with van der Waals surface area (Å²) in [6, 6.07) is 1.77. The third kappa shape index (κ3) is 1.88. The zero-order valence-electron chi connectivity index (χ0n) is 9.14. The summed E-state index contributed by atoms with van der Waals surface area (Å²) in [5.74, 6) is 0. The molecular weight excluding hydrogens is 226 g/mol. The molecule has 0 atom stereocenters. The van der Waals surface area contributed by atoms with Gasteiger partial charge < -0.3 is 4.57 Å². The Kier molecular flexibility index (Phi) is 2.83. The highest BCUT2D eigenvalue weighted by atomic mass is 35.5. The zero-order valence-corrected chi connectivity index (χ0v) is 9.90. The van der Waals surface area contributed by atoms with Crippen LogP contribution in [0.1, 0.15) is 21.6 Å². The van der Waals surface area contributed by atoms with E-state index in [-0.39, 0.29) is 0 Å². The van der Waals surface area contributed by atoms with Crippen molar-refractivity contribution < 1.29 is 4.79 Å². The molecule has 0 aliphatic rings. The Bertz CT molecular complexity index is 527. The molecule has 0 saturated carbocycles. The molecular formula is C11H12ClN3O. The largest absolute Gasteiger partial charge is 0.349 e. The minimum absolute atomic E-state index is 0.631. The Morgan fingerprint density at radius 2 is 2.31 bits per heavy atom. The zero-order chi connectivity index (χ0) is 11.7. The van der Waals surface area contributed by atoms with Crippen LogP contribution < -0.4 is 0 Å². The van der Waals surface area contributed by atoms with E-state index >= 15 is 0 Å². The van der Waals surface area contributed by atoms with Gasteiger partial charge in [-0.1, -0.05) is 11.6 Å². The smallest absolute Gasteiger partial charge is 0.151 e. The molecule has 4 nitrogen and oxygen atoms in total. The molecule has 2 rings (SSSR count). The molecule has 0 aromatic carbocycles. The van der Waals surface area contributed by atoms with E-state index in [4.69, 9.17) is 11.6 Å². The van der Waals surface area contributed by atoms with Gasteiger partial charge in [-0.05, 0) is 13.0 Å². The van der Waals surface area contributed by atoms with Gasteiger partial charge in [0, 0.05) is 30.6 Å². The first-order chi connectivity index (χ1) is 7.61. The van der Waals surface area contributed by atoms with E-state index in [1.165, 1.54) is 0 Å². The third-order valence-electron chi connectivity index (χ3n) is 2.52. The van der Waals surface area contributed by atoms with Gasteiger partial charge in [0.05, 0.1) is 12.2 Å². The van der Waals surface area contributed by atoms with E-state index in [1.807, 2.05) is 24.7 Å². The molecule has 0 fully saturated rings. The normalized spacial score (nSPS) is 10.7. The molecule has 5 heteroatoms. The lowest BCUT2D eigenvalue weighted by Gasteiger charge is -2.02. The van der Waals surface area contributed by atoms with Crippen molar-refractivity contribution >= 4 is 17.9 Å². The number of aldehydes is 1. The summed E-state index contributed by atoms with van der Waals surface area (Å²) < 4.78 is 3.57. The molecule has 0 bridgehead atoms. The first-order valence-electron chi connectivity index (χ1n) is 4.90. The van der Waals surface area contributed by atoms with Crippen LogP contribution in [-0.4, -0.2) is 20.6 Å². The molecule has 0 aliphatic heterocycles. The molecule has 16 heavy (non-hydrogen) atoms. The highest BCUT2D eigenvalue weighted by Gasteiger charge is 2.11. The SMILES string of the molecule is Cc1nn(C)c(Cl)c1Cn1ccc(C=O)c1. The summed E-state index contributed by atoms with van der Waals surface area (Å²) in [6.45, 7) is 2.55. The van der Waals surface area contributed by atoms with Crippen LogP contribution >= 0.6 is 11.6 Å². The lowest BCUT2D eigenvalue weighted by atomic mass is 10.2. The molecule has 84 valence electrons. The molecule has 0 saturated heterocycles. The quantitative estimate of drug-likeness (QED) is 0.767. The molecule has 0 aliphatic carbocycles. The second-order valence-corrected chi connectivity index (χ2v) is 4.07. The number of carbonyl (C=O) groups is 1. The van der Waals surface area contributed by atoms with Crippen molar-refractivity contribution in [3.63, 3.8) is 0 Å². The Morgan fingerprint density at radius 3 is 2.81 bits per heavy atom. The van der Waals surface area contributed by atoms with Crippen molar-refractivity contribution in [1.82, 2.24) is 14.3 Å². The number of nitrogens with zero attached hydrogens (tertiary/aromatic N) is 3. The summed E-state index contributed by atoms with van der Waals surface area (Å²) in [5.41, 5.74) is 2.56. The maximum absolute atomic E-state index is 10.6. The van der Waals surface area contributed by atoms with Gasteiger partial charge >= 0.3 is 0 Å². The van der Waals surface area contributed by atoms with Crippen LogP contribution in [0, 0.1) is 6.92 Å². The number of hydrogen-bond donors (Lipinski definition) is 0. The van der Waals surface area contributed by atoms with Crippen LogP contribution in [0.3, 0.4) is 0 Å². The molecule has 0 radical (unpaired) electrons. The molecule has 0 amide bonds. The number of rotatable bonds is 3. The van der Waals surface area contributed by atoms with Crippen molar-refractivity contribution in [2.45, 2.75) is 13.5 Å². The summed E-state index contributed by atoms with van der Waals surface area (Å²) >= 11 is 6.12. The predicted octanol–water partition coefficient (Wildman–Crippen LogP) is 2.04. The average Bonchev–Trinajstić information content (AvgIpc) is 2.80. The van der Waals surface area contributed by atoms with Crippen molar-refractivity contribution in [2.24, 2.45) is 7.05 Å². The lowest BCUT2D eigenvalue weighted by molar-refractivity contribution is 0.112. The Labute approximate surface area is 98.4 Å². The molecule has 2 aromatic rings. The predicted molar refractivity (Wildman–Crippen MR) is 61.9 cm³/mol. The van der Waals surface area contributed by atoms with Gasteiger partial charge in [0.1, 0.15) is 5.15 Å². The van der Waals surface area contributed by atoms with Crippen LogP contribution in [0.25, 0.3) is 0 Å². The van der Waals surface area contributed by atoms with Gasteiger partial charge in [-0.2, -0.15) is 5.10 Å². The Hall–Kier alpha value is -1.55. The van der Waals surface area contributed by atoms with Gasteiger partial charge in [-0.25, -0.2) is 0 Å². The fourth-order valence-electron chi connectivity index (χ4n) is 1.66. The van der Waals surface area contributed by atoms with E-state index in [2.05, 4.69) is 5.10 Å². The van der Waals surface area contributed by atoms with Crippen molar-refractivity contribution in [3.8, 4) is 0 Å². The summed E-state index contributed by atoms with van der Waals surface area (Å²) in [6.07, 6.45) is 4.47. The van der Waals surface area contributed by atoms with Gasteiger partial charge in [-0.3, -0.25) is 9.48 Å². The van der Waals surface area contributed by atoms with E-state index in [1.54, 1.807) is 16.9 Å². The maximum Gasteiger partial charge on any atom is 0.151 e. The topological polar surface area (TPSA) is 39.8 Å². The van der Waals surface area contributed by atoms with Crippen LogP contribution in [0.4, 0.5) is 0 Å². The van der Waals surface area contributed by atoms with E-state index in [0.29, 0.717) is 17.3 Å². The van der Waals surface area contributed by atoms with E-state index in [0.717, 1.165) is 17.5 Å². The summed E-state index contributed by atoms with van der Waals surface area (Å²) in [5, 5.41) is 4.87. The number of carbonyl (C=O) groups excluding carboxylic acids is 1. The van der Waals surface area contributed by atoms with E-state index in [9.17, 15) is 4.79 Å². The molecule has 0 N–H and O–H groups in total. The fourth-order valence-corrected chi connectivity index (χ4v) is 1.90. The van der Waals surface area contributed by atoms with E-state index < -0.39 is 0 Å². The van der Waals surface area contributed by atoms with Crippen molar-refractivity contribution in [3.05, 3.63) is 40.4 Å². The molecule has 2 heterocycles. The number of aryl methyl sites for hydroxylation is 2. The lowest BCUT2D eigenvalue weighted by Crippen LogP contribution is -1.98. The molecule has 0 spiro atoms. The van der Waals surface area contributed by atoms with Crippen LogP contribution in [0.5, 0.6) is 0 Å². The number of halogens is 1. The minimum Gasteiger partial charge on any atom is -0.349 e. The fraction of sp³-hybridized carbons (Fsp3) is 0.273. The monoisotopic (exact) mass is 237 g/mol. The maximum atomic E-state index is 10.6. The van der Waals surface area contributed by atoms with Gasteiger partial charge in [-0.15, -0.1) is 0 Å². The highest BCUT2D eigenvalue weighted by molar-refractivity contribution is 6.30. The summed E-state index contributed by atoms with van der Waals surface area (Å²) in [4.78, 5) is 10.6. The summed E-state index contributed by atoms with van der Waals surface area (Å²) in [7, 11) is 1.81. The average molecular weight is 238 g/mol. The van der Waals surface area contributed by atoms with Gasteiger partial charge in [0.2, 0.25) is 0 Å². The van der Waals surface area contributed by atoms with Gasteiger partial charge in [0.15, 0.2) is 6.29 Å². The Morgan fingerprint density at radius 1 is 1.56 bits per heavy atom. The van der Waals surface area contributed by atoms with Crippen LogP contribution in [-0.2, 0) is 13.6 Å². The number of hydrogen-bond acceptors (Lipinski definition) is 2.